The van der Waals surface area contributed by atoms with Gasteiger partial charge in [0, 0.05) is 84.9 Å². The van der Waals surface area contributed by atoms with Gasteiger partial charge in [-0.1, -0.05) is 36.4 Å². The highest BCUT2D eigenvalue weighted by molar-refractivity contribution is 6.31. The summed E-state index contributed by atoms with van der Waals surface area (Å²) in [5, 5.41) is 10.5. The van der Waals surface area contributed by atoms with Crippen LogP contribution in [0.15, 0.2) is 60.7 Å². The standard InChI is InChI=1S/C40H40N6O4/c1-21-17-27-33(31-25-11-7-9-13-29(25)43(5)35(21)31)39(49)45(37(27)47)19-23(3)41-15-16-42-24(4)20-46-38(48)28-18-22(2)36-32(34(28)40(46)50)26-12-8-10-14-30(26)44(36)6/h7-14,17-18,23-24,41-42H,15-16,19-20H2,1-6H3/t23-,24-/m1/s1. The molecule has 2 aliphatic heterocycles. The Hall–Kier alpha value is -5.32. The number of aromatic nitrogens is 2. The third-order valence-corrected chi connectivity index (χ3v) is 10.6. The molecule has 254 valence electrons. The molecule has 0 bridgehead atoms. The van der Waals surface area contributed by atoms with E-state index in [1.807, 2.05) is 102 Å². The Labute approximate surface area is 289 Å². The maximum absolute atomic E-state index is 13.8. The second-order valence-corrected chi connectivity index (χ2v) is 14.0. The first-order valence-corrected chi connectivity index (χ1v) is 17.2. The van der Waals surface area contributed by atoms with Crippen molar-refractivity contribution in [3.63, 3.8) is 0 Å². The van der Waals surface area contributed by atoms with Gasteiger partial charge in [-0.25, -0.2) is 0 Å². The zero-order valence-electron chi connectivity index (χ0n) is 29.2. The lowest BCUT2D eigenvalue weighted by molar-refractivity contribution is 0.0624. The molecule has 0 unspecified atom stereocenters. The second kappa shape index (κ2) is 11.6. The number of imide groups is 2. The van der Waals surface area contributed by atoms with Gasteiger partial charge in [-0.2, -0.15) is 0 Å². The summed E-state index contributed by atoms with van der Waals surface area (Å²) in [6.07, 6.45) is 0. The number of aryl methyl sites for hydroxylation is 4. The Morgan fingerprint density at radius 2 is 0.960 bits per heavy atom. The van der Waals surface area contributed by atoms with Gasteiger partial charge in [0.05, 0.1) is 33.3 Å². The molecular formula is C40H40N6O4. The molecule has 10 heteroatoms. The fourth-order valence-corrected chi connectivity index (χ4v) is 8.37. The monoisotopic (exact) mass is 668 g/mol. The predicted octanol–water partition coefficient (Wildman–Crippen LogP) is 5.44. The number of amides is 4. The van der Waals surface area contributed by atoms with Crippen LogP contribution in [0.2, 0.25) is 0 Å². The summed E-state index contributed by atoms with van der Waals surface area (Å²) in [6, 6.07) is 19.4. The van der Waals surface area contributed by atoms with E-state index in [1.54, 1.807) is 0 Å². The number of nitrogens with zero attached hydrogens (tertiary/aromatic N) is 4. The summed E-state index contributed by atoms with van der Waals surface area (Å²) in [5.41, 5.74) is 7.81. The van der Waals surface area contributed by atoms with Crippen LogP contribution >= 0.6 is 0 Å². The van der Waals surface area contributed by atoms with Gasteiger partial charge in [0.15, 0.2) is 0 Å². The van der Waals surface area contributed by atoms with Crippen LogP contribution in [0, 0.1) is 13.8 Å². The Balaban J connectivity index is 0.906. The van der Waals surface area contributed by atoms with Gasteiger partial charge in [0.1, 0.15) is 0 Å². The third-order valence-electron chi connectivity index (χ3n) is 10.6. The minimum Gasteiger partial charge on any atom is -0.343 e. The number of carbonyl (C=O) groups excluding carboxylic acids is 4. The number of benzene rings is 4. The minimum absolute atomic E-state index is 0.152. The Morgan fingerprint density at radius 3 is 1.36 bits per heavy atom. The quantitative estimate of drug-likeness (QED) is 0.157. The van der Waals surface area contributed by atoms with Crippen LogP contribution in [0.3, 0.4) is 0 Å². The number of carbonyl (C=O) groups is 4. The molecule has 0 spiro atoms. The first-order valence-electron chi connectivity index (χ1n) is 17.2. The maximum Gasteiger partial charge on any atom is 0.262 e. The topological polar surface area (TPSA) is 109 Å². The van der Waals surface area contributed by atoms with Gasteiger partial charge >= 0.3 is 0 Å². The van der Waals surface area contributed by atoms with Crippen molar-refractivity contribution < 1.29 is 19.2 Å². The molecular weight excluding hydrogens is 628 g/mol. The smallest absolute Gasteiger partial charge is 0.262 e. The van der Waals surface area contributed by atoms with E-state index < -0.39 is 0 Å². The summed E-state index contributed by atoms with van der Waals surface area (Å²) in [4.78, 5) is 57.4. The van der Waals surface area contributed by atoms with Gasteiger partial charge in [0.2, 0.25) is 0 Å². The van der Waals surface area contributed by atoms with E-state index in [0.29, 0.717) is 35.3 Å². The molecule has 2 N–H and O–H groups in total. The van der Waals surface area contributed by atoms with Crippen molar-refractivity contribution in [2.75, 3.05) is 26.2 Å². The zero-order chi connectivity index (χ0) is 35.2. The first-order chi connectivity index (χ1) is 24.0. The molecule has 4 heterocycles. The first kappa shape index (κ1) is 31.9. The molecule has 4 amide bonds. The van der Waals surface area contributed by atoms with Crippen molar-refractivity contribution in [3.8, 4) is 0 Å². The summed E-state index contributed by atoms with van der Waals surface area (Å²) in [6.45, 7) is 9.51. The van der Waals surface area contributed by atoms with Gasteiger partial charge in [0.25, 0.3) is 23.6 Å². The van der Waals surface area contributed by atoms with Crippen LogP contribution in [0.5, 0.6) is 0 Å². The molecule has 0 aliphatic carbocycles. The van der Waals surface area contributed by atoms with E-state index in [4.69, 9.17) is 0 Å². The average molecular weight is 669 g/mol. The molecule has 0 radical (unpaired) electrons. The molecule has 6 aromatic rings. The normalized spacial score (nSPS) is 15.8. The summed E-state index contributed by atoms with van der Waals surface area (Å²) in [7, 11) is 3.99. The summed E-state index contributed by atoms with van der Waals surface area (Å²) in [5.74, 6) is -1.05. The van der Waals surface area contributed by atoms with Crippen LogP contribution in [-0.4, -0.2) is 80.8 Å². The van der Waals surface area contributed by atoms with Crippen LogP contribution < -0.4 is 10.6 Å². The highest BCUT2D eigenvalue weighted by Gasteiger charge is 2.40. The second-order valence-electron chi connectivity index (χ2n) is 14.0. The highest BCUT2D eigenvalue weighted by atomic mass is 16.2. The van der Waals surface area contributed by atoms with E-state index in [9.17, 15) is 19.2 Å². The van der Waals surface area contributed by atoms with Crippen LogP contribution in [0.1, 0.15) is 66.4 Å². The fraction of sp³-hybridized carbons (Fsp3) is 0.300. The van der Waals surface area contributed by atoms with Crippen molar-refractivity contribution in [2.45, 2.75) is 39.8 Å². The van der Waals surface area contributed by atoms with Crippen LogP contribution in [-0.2, 0) is 14.1 Å². The van der Waals surface area contributed by atoms with Crippen LogP contribution in [0.4, 0.5) is 0 Å². The zero-order valence-corrected chi connectivity index (χ0v) is 29.2. The minimum atomic E-state index is -0.264. The summed E-state index contributed by atoms with van der Waals surface area (Å²) >= 11 is 0. The molecule has 2 atom stereocenters. The number of para-hydroxylation sites is 2. The van der Waals surface area contributed by atoms with Crippen molar-refractivity contribution in [1.29, 1.82) is 0 Å². The molecule has 4 aromatic carbocycles. The number of rotatable bonds is 9. The van der Waals surface area contributed by atoms with E-state index in [0.717, 1.165) is 54.7 Å². The van der Waals surface area contributed by atoms with E-state index in [1.165, 1.54) is 9.80 Å². The largest absolute Gasteiger partial charge is 0.343 e. The van der Waals surface area contributed by atoms with Crippen molar-refractivity contribution in [2.24, 2.45) is 14.1 Å². The summed E-state index contributed by atoms with van der Waals surface area (Å²) < 4.78 is 4.19. The van der Waals surface area contributed by atoms with E-state index >= 15 is 0 Å². The average Bonchev–Trinajstić information content (AvgIpc) is 3.73. The highest BCUT2D eigenvalue weighted by Crippen LogP contribution is 2.40. The number of hydrogen-bond donors (Lipinski definition) is 2. The van der Waals surface area contributed by atoms with E-state index in [-0.39, 0.29) is 48.8 Å². The van der Waals surface area contributed by atoms with Crippen LogP contribution in [0.25, 0.3) is 43.6 Å². The molecule has 2 aromatic heterocycles. The third kappa shape index (κ3) is 4.55. The van der Waals surface area contributed by atoms with E-state index in [2.05, 4.69) is 19.8 Å². The molecule has 2 aliphatic rings. The van der Waals surface area contributed by atoms with Crippen molar-refractivity contribution in [1.82, 2.24) is 29.6 Å². The lowest BCUT2D eigenvalue weighted by atomic mass is 9.99. The molecule has 0 saturated heterocycles. The Kier molecular flexibility index (Phi) is 7.43. The molecule has 50 heavy (non-hydrogen) atoms. The molecule has 0 saturated carbocycles. The Morgan fingerprint density at radius 1 is 0.580 bits per heavy atom. The fourth-order valence-electron chi connectivity index (χ4n) is 8.37. The molecule has 10 nitrogen and oxygen atoms in total. The number of hydrogen-bond acceptors (Lipinski definition) is 6. The van der Waals surface area contributed by atoms with Crippen molar-refractivity contribution in [3.05, 3.63) is 94.0 Å². The predicted molar refractivity (Wildman–Crippen MR) is 196 cm³/mol. The van der Waals surface area contributed by atoms with Gasteiger partial charge < -0.3 is 19.8 Å². The SMILES string of the molecule is Cc1cc2c(c3c4ccccc4n(C)c13)C(=O)N(C[C@@H](C)NCCN[C@H](C)CN1C(=O)c3cc(C)c4c(c3C1=O)c1ccccc1n4C)C2=O. The van der Waals surface area contributed by atoms with Gasteiger partial charge in [-0.3, -0.25) is 29.0 Å². The Bertz CT molecular complexity index is 2300. The van der Waals surface area contributed by atoms with Crippen molar-refractivity contribution >= 4 is 67.2 Å². The lowest BCUT2D eigenvalue weighted by Crippen LogP contribution is -2.46. The number of nitrogens with one attached hydrogen (secondary N) is 2. The lowest BCUT2D eigenvalue weighted by Gasteiger charge is -2.22. The van der Waals surface area contributed by atoms with Gasteiger partial charge in [-0.15, -0.1) is 0 Å². The maximum atomic E-state index is 13.8. The van der Waals surface area contributed by atoms with Gasteiger partial charge in [-0.05, 0) is 63.1 Å². The molecule has 0 fully saturated rings. The number of fused-ring (bicyclic) bond motifs is 10. The molecule has 8 rings (SSSR count).